The van der Waals surface area contributed by atoms with Crippen molar-refractivity contribution in [2.75, 3.05) is 0 Å². The van der Waals surface area contributed by atoms with Crippen LogP contribution in [0.2, 0.25) is 0 Å². The van der Waals surface area contributed by atoms with Crippen molar-refractivity contribution in [1.82, 2.24) is 0 Å². The molecule has 0 aliphatic heterocycles. The Kier molecular flexibility index (Phi) is 6.50. The van der Waals surface area contributed by atoms with Crippen LogP contribution < -0.4 is 4.57 Å². The topological polar surface area (TPSA) is 47.0 Å². The molecule has 5 aromatic carbocycles. The Bertz CT molecular complexity index is 1750. The van der Waals surface area contributed by atoms with Crippen LogP contribution in [0.4, 0.5) is 5.69 Å². The lowest BCUT2D eigenvalue weighted by Crippen LogP contribution is -2.37. The molecule has 0 aliphatic rings. The van der Waals surface area contributed by atoms with Crippen LogP contribution >= 0.6 is 0 Å². The van der Waals surface area contributed by atoms with Crippen LogP contribution in [0.15, 0.2) is 152 Å². The van der Waals surface area contributed by atoms with E-state index in [1.54, 1.807) is 12.1 Å². The Morgan fingerprint density at radius 2 is 1.03 bits per heavy atom. The van der Waals surface area contributed by atoms with Crippen molar-refractivity contribution in [3.05, 3.63) is 162 Å². The maximum Gasteiger partial charge on any atom is 0.276 e. The number of aromatic nitrogens is 1. The highest BCUT2D eigenvalue weighted by Gasteiger charge is 2.31. The maximum atomic E-state index is 11.8. The normalized spacial score (nSPS) is 10.8. The van der Waals surface area contributed by atoms with Crippen LogP contribution in [0, 0.1) is 10.1 Å². The number of nitro groups is 1. The zero-order valence-corrected chi connectivity index (χ0v) is 21.1. The van der Waals surface area contributed by atoms with Gasteiger partial charge in [-0.05, 0) is 41.5 Å². The molecular weight excluding hydrogens is 480 g/mol. The van der Waals surface area contributed by atoms with Crippen molar-refractivity contribution in [2.45, 2.75) is 0 Å². The van der Waals surface area contributed by atoms with Crippen molar-refractivity contribution in [2.24, 2.45) is 0 Å². The van der Waals surface area contributed by atoms with Crippen LogP contribution in [0.5, 0.6) is 0 Å². The van der Waals surface area contributed by atoms with Crippen molar-refractivity contribution in [3.8, 4) is 50.5 Å². The van der Waals surface area contributed by atoms with E-state index in [1.807, 2.05) is 66.7 Å². The Morgan fingerprint density at radius 3 is 1.59 bits per heavy atom. The highest BCUT2D eigenvalue weighted by Crippen LogP contribution is 2.41. The molecular formula is C35H25N2O2+. The zero-order chi connectivity index (χ0) is 26.6. The number of non-ortho nitro benzene ring substituents is 1. The summed E-state index contributed by atoms with van der Waals surface area (Å²) in [4.78, 5) is 11.5. The quantitative estimate of drug-likeness (QED) is 0.129. The molecule has 6 rings (SSSR count). The average Bonchev–Trinajstić information content (AvgIpc) is 3.02. The third-order valence-corrected chi connectivity index (χ3v) is 6.81. The van der Waals surface area contributed by atoms with Crippen LogP contribution in [0.3, 0.4) is 0 Å². The third kappa shape index (κ3) is 4.72. The van der Waals surface area contributed by atoms with Crippen LogP contribution in [0.25, 0.3) is 50.5 Å². The number of nitro benzene ring substituents is 1. The van der Waals surface area contributed by atoms with Crippen LogP contribution in [-0.4, -0.2) is 4.92 Å². The largest absolute Gasteiger partial charge is 0.276 e. The van der Waals surface area contributed by atoms with Gasteiger partial charge in [-0.1, -0.05) is 97.1 Å². The van der Waals surface area contributed by atoms with Gasteiger partial charge in [-0.3, -0.25) is 10.1 Å². The summed E-state index contributed by atoms with van der Waals surface area (Å²) in [5, 5.41) is 11.8. The molecule has 0 bridgehead atoms. The molecule has 4 nitrogen and oxygen atoms in total. The average molecular weight is 506 g/mol. The molecule has 0 radical (unpaired) electrons. The maximum absolute atomic E-state index is 11.8. The summed E-state index contributed by atoms with van der Waals surface area (Å²) in [6, 6.07) is 50.2. The lowest BCUT2D eigenvalue weighted by atomic mass is 9.88. The van der Waals surface area contributed by atoms with Gasteiger partial charge in [0.15, 0.2) is 0 Å². The smallest absolute Gasteiger partial charge is 0.258 e. The monoisotopic (exact) mass is 505 g/mol. The predicted octanol–water partition coefficient (Wildman–Crippen LogP) is 8.54. The molecule has 186 valence electrons. The van der Waals surface area contributed by atoms with E-state index >= 15 is 0 Å². The summed E-state index contributed by atoms with van der Waals surface area (Å²) in [6.07, 6.45) is 0. The fourth-order valence-electron chi connectivity index (χ4n) is 5.08. The molecule has 0 spiro atoms. The van der Waals surface area contributed by atoms with Gasteiger partial charge < -0.3 is 0 Å². The van der Waals surface area contributed by atoms with Gasteiger partial charge in [0.05, 0.1) is 16.6 Å². The van der Waals surface area contributed by atoms with E-state index in [0.717, 1.165) is 50.5 Å². The van der Waals surface area contributed by atoms with Gasteiger partial charge in [0.2, 0.25) is 17.1 Å². The number of rotatable bonds is 6. The first kappa shape index (κ1) is 24.0. The molecule has 6 aromatic rings. The number of nitrogens with zero attached hydrogens (tertiary/aromatic N) is 2. The minimum absolute atomic E-state index is 0.0476. The number of benzene rings is 5. The predicted molar refractivity (Wildman–Crippen MR) is 156 cm³/mol. The van der Waals surface area contributed by atoms with Crippen molar-refractivity contribution >= 4 is 5.69 Å². The van der Waals surface area contributed by atoms with E-state index in [4.69, 9.17) is 0 Å². The van der Waals surface area contributed by atoms with Gasteiger partial charge in [-0.2, -0.15) is 4.57 Å². The molecule has 0 aliphatic carbocycles. The lowest BCUT2D eigenvalue weighted by Gasteiger charge is -2.18. The first-order valence-corrected chi connectivity index (χ1v) is 12.8. The SMILES string of the molecule is O=[N+]([O-])c1cccc(-[n+]2c(-c3ccccc3)cc(-c3ccccc3)c(-c3ccccc3)c2-c2ccccc2)c1. The van der Waals surface area contributed by atoms with Crippen molar-refractivity contribution < 1.29 is 9.49 Å². The van der Waals surface area contributed by atoms with Crippen LogP contribution in [0.1, 0.15) is 0 Å². The minimum atomic E-state index is -0.342. The first-order valence-electron chi connectivity index (χ1n) is 12.8. The molecule has 4 heteroatoms. The summed E-state index contributed by atoms with van der Waals surface area (Å²) >= 11 is 0. The van der Waals surface area contributed by atoms with Gasteiger partial charge >= 0.3 is 0 Å². The highest BCUT2D eigenvalue weighted by atomic mass is 16.6. The fraction of sp³-hybridized carbons (Fsp3) is 0. The van der Waals surface area contributed by atoms with E-state index in [-0.39, 0.29) is 10.6 Å². The molecule has 0 fully saturated rings. The second-order valence-corrected chi connectivity index (χ2v) is 9.24. The summed E-state index contributed by atoms with van der Waals surface area (Å²) in [6.45, 7) is 0. The molecule has 39 heavy (non-hydrogen) atoms. The Morgan fingerprint density at radius 1 is 0.513 bits per heavy atom. The zero-order valence-electron chi connectivity index (χ0n) is 21.1. The van der Waals surface area contributed by atoms with E-state index < -0.39 is 0 Å². The standard InChI is InChI=1S/C35H25N2O2/c38-37(39)31-23-13-22-30(24-31)36-33(27-16-7-2-8-17-27)25-32(26-14-5-1-6-15-26)34(28-18-9-3-10-19-28)35(36)29-20-11-4-12-21-29/h1-25H/q+1. The van der Waals surface area contributed by atoms with Gasteiger partial charge in [0.25, 0.3) is 5.69 Å². The Labute approximate surface area is 227 Å². The van der Waals surface area contributed by atoms with E-state index in [0.29, 0.717) is 0 Å². The van der Waals surface area contributed by atoms with Gasteiger partial charge in [0, 0.05) is 34.9 Å². The van der Waals surface area contributed by atoms with E-state index in [9.17, 15) is 10.1 Å². The summed E-state index contributed by atoms with van der Waals surface area (Å²) in [5.41, 5.74) is 8.99. The Hall–Kier alpha value is -5.35. The van der Waals surface area contributed by atoms with Gasteiger partial charge in [-0.15, -0.1) is 0 Å². The number of hydrogen-bond acceptors (Lipinski definition) is 2. The molecule has 0 saturated heterocycles. The number of hydrogen-bond donors (Lipinski definition) is 0. The molecule has 0 N–H and O–H groups in total. The molecule has 0 atom stereocenters. The van der Waals surface area contributed by atoms with E-state index in [1.165, 1.54) is 6.07 Å². The fourth-order valence-corrected chi connectivity index (χ4v) is 5.08. The summed E-state index contributed by atoms with van der Waals surface area (Å²) < 4.78 is 2.16. The van der Waals surface area contributed by atoms with Crippen LogP contribution in [-0.2, 0) is 0 Å². The Balaban J connectivity index is 1.84. The molecule has 1 aromatic heterocycles. The van der Waals surface area contributed by atoms with Gasteiger partial charge in [0.1, 0.15) is 0 Å². The van der Waals surface area contributed by atoms with Gasteiger partial charge in [-0.25, -0.2) is 0 Å². The second-order valence-electron chi connectivity index (χ2n) is 9.24. The summed E-state index contributed by atoms with van der Waals surface area (Å²) in [7, 11) is 0. The summed E-state index contributed by atoms with van der Waals surface area (Å²) in [5.74, 6) is 0. The number of pyridine rings is 1. The van der Waals surface area contributed by atoms with Crippen molar-refractivity contribution in [1.29, 1.82) is 0 Å². The molecule has 0 unspecified atom stereocenters. The van der Waals surface area contributed by atoms with Crippen molar-refractivity contribution in [3.63, 3.8) is 0 Å². The molecule has 0 amide bonds. The highest BCUT2D eigenvalue weighted by molar-refractivity contribution is 5.93. The molecule has 1 heterocycles. The second kappa shape index (κ2) is 10.6. The van der Waals surface area contributed by atoms with E-state index in [2.05, 4.69) is 71.3 Å². The third-order valence-electron chi connectivity index (χ3n) is 6.81. The first-order chi connectivity index (χ1) is 19.2. The molecule has 0 saturated carbocycles. The lowest BCUT2D eigenvalue weighted by molar-refractivity contribution is -0.571. The minimum Gasteiger partial charge on any atom is -0.258 e.